The van der Waals surface area contributed by atoms with Gasteiger partial charge in [0, 0.05) is 23.9 Å². The van der Waals surface area contributed by atoms with Crippen molar-refractivity contribution in [2.24, 2.45) is 10.7 Å². The van der Waals surface area contributed by atoms with Crippen LogP contribution in [-0.4, -0.2) is 18.5 Å². The molecule has 3 nitrogen and oxygen atoms in total. The molecule has 0 amide bonds. The van der Waals surface area contributed by atoms with E-state index in [4.69, 9.17) is 17.3 Å². The molecular formula is C12H18ClN3S. The van der Waals surface area contributed by atoms with Crippen molar-refractivity contribution in [2.75, 3.05) is 6.54 Å². The highest BCUT2D eigenvalue weighted by molar-refractivity contribution is 7.16. The average Bonchev–Trinajstić information content (AvgIpc) is 2.90. The van der Waals surface area contributed by atoms with E-state index in [1.807, 2.05) is 12.1 Å². The molecule has 0 atom stereocenters. The van der Waals surface area contributed by atoms with E-state index in [1.54, 1.807) is 11.3 Å². The number of halogens is 1. The van der Waals surface area contributed by atoms with E-state index in [0.29, 0.717) is 12.0 Å². The second kappa shape index (κ2) is 6.26. The molecule has 1 fully saturated rings. The van der Waals surface area contributed by atoms with Crippen molar-refractivity contribution >= 4 is 28.9 Å². The van der Waals surface area contributed by atoms with Crippen molar-refractivity contribution in [3.05, 3.63) is 21.3 Å². The second-order valence-corrected chi connectivity index (χ2v) is 6.15. The van der Waals surface area contributed by atoms with Crippen molar-refractivity contribution in [3.8, 4) is 0 Å². The fourth-order valence-electron chi connectivity index (χ4n) is 2.10. The third-order valence-electron chi connectivity index (χ3n) is 2.98. The monoisotopic (exact) mass is 271 g/mol. The number of guanidine groups is 1. The predicted molar refractivity (Wildman–Crippen MR) is 74.9 cm³/mol. The quantitative estimate of drug-likeness (QED) is 0.654. The zero-order valence-corrected chi connectivity index (χ0v) is 11.4. The van der Waals surface area contributed by atoms with E-state index in [-0.39, 0.29) is 0 Å². The molecule has 1 saturated carbocycles. The molecule has 0 aliphatic heterocycles. The van der Waals surface area contributed by atoms with Crippen molar-refractivity contribution in [3.63, 3.8) is 0 Å². The van der Waals surface area contributed by atoms with Crippen LogP contribution in [0.15, 0.2) is 17.1 Å². The van der Waals surface area contributed by atoms with Crippen LogP contribution in [-0.2, 0) is 6.42 Å². The summed E-state index contributed by atoms with van der Waals surface area (Å²) in [5.74, 6) is 0.583. The summed E-state index contributed by atoms with van der Waals surface area (Å²) < 4.78 is 0.834. The summed E-state index contributed by atoms with van der Waals surface area (Å²) in [5.41, 5.74) is 5.84. The fourth-order valence-corrected chi connectivity index (χ4v) is 3.17. The highest BCUT2D eigenvalue weighted by atomic mass is 35.5. The van der Waals surface area contributed by atoms with Gasteiger partial charge in [0.25, 0.3) is 0 Å². The smallest absolute Gasteiger partial charge is 0.188 e. The molecule has 5 heteroatoms. The molecule has 1 aliphatic carbocycles. The van der Waals surface area contributed by atoms with Gasteiger partial charge in [-0.1, -0.05) is 24.4 Å². The largest absolute Gasteiger partial charge is 0.370 e. The lowest BCUT2D eigenvalue weighted by Gasteiger charge is -2.11. The number of nitrogens with zero attached hydrogens (tertiary/aromatic N) is 1. The van der Waals surface area contributed by atoms with Gasteiger partial charge in [-0.3, -0.25) is 4.99 Å². The molecule has 0 spiro atoms. The molecule has 2 rings (SSSR count). The first-order valence-electron chi connectivity index (χ1n) is 6.05. The van der Waals surface area contributed by atoms with E-state index in [0.717, 1.165) is 17.3 Å². The normalized spacial score (nSPS) is 17.6. The number of rotatable bonds is 4. The molecule has 0 bridgehead atoms. The average molecular weight is 272 g/mol. The lowest BCUT2D eigenvalue weighted by atomic mass is 10.2. The first kappa shape index (κ1) is 12.7. The molecule has 17 heavy (non-hydrogen) atoms. The number of aliphatic imine (C=N–C) groups is 1. The summed E-state index contributed by atoms with van der Waals surface area (Å²) in [6, 6.07) is 4.50. The summed E-state index contributed by atoms with van der Waals surface area (Å²) in [6.45, 7) is 0.725. The molecule has 0 saturated heterocycles. The first-order valence-corrected chi connectivity index (χ1v) is 7.24. The van der Waals surface area contributed by atoms with Crippen LogP contribution in [0.25, 0.3) is 0 Å². The van der Waals surface area contributed by atoms with E-state index in [9.17, 15) is 0 Å². The minimum absolute atomic E-state index is 0.537. The fraction of sp³-hybridized carbons (Fsp3) is 0.583. The Morgan fingerprint density at radius 1 is 1.47 bits per heavy atom. The van der Waals surface area contributed by atoms with Crippen LogP contribution in [0.1, 0.15) is 30.6 Å². The van der Waals surface area contributed by atoms with Gasteiger partial charge in [0.2, 0.25) is 0 Å². The summed E-state index contributed by atoms with van der Waals surface area (Å²) in [7, 11) is 0. The highest BCUT2D eigenvalue weighted by Crippen LogP contribution is 2.21. The Balaban J connectivity index is 1.72. The molecule has 94 valence electrons. The second-order valence-electron chi connectivity index (χ2n) is 4.35. The zero-order chi connectivity index (χ0) is 12.1. The van der Waals surface area contributed by atoms with E-state index >= 15 is 0 Å². The Hall–Kier alpha value is -0.740. The van der Waals surface area contributed by atoms with Crippen LogP contribution in [0, 0.1) is 0 Å². The lowest BCUT2D eigenvalue weighted by molar-refractivity contribution is 0.625. The maximum absolute atomic E-state index is 5.86. The number of hydrogen-bond donors (Lipinski definition) is 2. The number of nitrogens with one attached hydrogen (secondary N) is 1. The van der Waals surface area contributed by atoms with Crippen molar-refractivity contribution in [2.45, 2.75) is 38.1 Å². The minimum atomic E-state index is 0.537. The van der Waals surface area contributed by atoms with Gasteiger partial charge in [-0.2, -0.15) is 0 Å². The third kappa shape index (κ3) is 4.21. The number of thiophene rings is 1. The molecule has 0 unspecified atom stereocenters. The van der Waals surface area contributed by atoms with Crippen LogP contribution in [0.5, 0.6) is 0 Å². The van der Waals surface area contributed by atoms with E-state index in [1.165, 1.54) is 30.6 Å². The maximum Gasteiger partial charge on any atom is 0.188 e. The van der Waals surface area contributed by atoms with Gasteiger partial charge >= 0.3 is 0 Å². The number of nitrogens with two attached hydrogens (primary N) is 1. The lowest BCUT2D eigenvalue weighted by Crippen LogP contribution is -2.38. The molecule has 0 aromatic carbocycles. The highest BCUT2D eigenvalue weighted by Gasteiger charge is 2.14. The molecule has 3 N–H and O–H groups in total. The molecule has 1 heterocycles. The van der Waals surface area contributed by atoms with Crippen LogP contribution in [0.4, 0.5) is 0 Å². The predicted octanol–water partition coefficient (Wildman–Crippen LogP) is 2.79. The van der Waals surface area contributed by atoms with Crippen molar-refractivity contribution < 1.29 is 0 Å². The first-order chi connectivity index (χ1) is 8.24. The molecule has 1 aromatic rings. The van der Waals surface area contributed by atoms with Gasteiger partial charge in [-0.15, -0.1) is 11.3 Å². The Morgan fingerprint density at radius 3 is 2.88 bits per heavy atom. The Labute approximate surface area is 111 Å². The molecular weight excluding hydrogens is 254 g/mol. The summed E-state index contributed by atoms with van der Waals surface area (Å²) in [4.78, 5) is 5.60. The van der Waals surface area contributed by atoms with Crippen molar-refractivity contribution in [1.29, 1.82) is 0 Å². The van der Waals surface area contributed by atoms with E-state index in [2.05, 4.69) is 10.3 Å². The van der Waals surface area contributed by atoms with Gasteiger partial charge in [-0.05, 0) is 25.0 Å². The van der Waals surface area contributed by atoms with Gasteiger partial charge < -0.3 is 11.1 Å². The van der Waals surface area contributed by atoms with Gasteiger partial charge in [0.05, 0.1) is 4.34 Å². The van der Waals surface area contributed by atoms with Crippen LogP contribution < -0.4 is 11.1 Å². The maximum atomic E-state index is 5.86. The van der Waals surface area contributed by atoms with Gasteiger partial charge in [0.15, 0.2) is 5.96 Å². The molecule has 0 radical (unpaired) electrons. The van der Waals surface area contributed by atoms with Crippen LogP contribution >= 0.6 is 22.9 Å². The minimum Gasteiger partial charge on any atom is -0.370 e. The molecule has 1 aromatic heterocycles. The van der Waals surface area contributed by atoms with Crippen molar-refractivity contribution in [1.82, 2.24) is 5.32 Å². The summed E-state index contributed by atoms with van der Waals surface area (Å²) in [5, 5.41) is 3.28. The Kier molecular flexibility index (Phi) is 4.68. The Bertz CT molecular complexity index is 383. The van der Waals surface area contributed by atoms with Crippen LogP contribution in [0.2, 0.25) is 4.34 Å². The SMILES string of the molecule is NC(=NCCc1ccc(Cl)s1)NC1CCCC1. The Morgan fingerprint density at radius 2 is 2.24 bits per heavy atom. The van der Waals surface area contributed by atoms with Gasteiger partial charge in [-0.25, -0.2) is 0 Å². The summed E-state index contributed by atoms with van der Waals surface area (Å²) in [6.07, 6.45) is 5.95. The number of hydrogen-bond acceptors (Lipinski definition) is 2. The molecule has 1 aliphatic rings. The third-order valence-corrected chi connectivity index (χ3v) is 4.27. The standard InChI is InChI=1S/C12H18ClN3S/c13-11-6-5-10(17-11)7-8-15-12(14)16-9-3-1-2-4-9/h5-6,9H,1-4,7-8H2,(H3,14,15,16). The topological polar surface area (TPSA) is 50.4 Å². The van der Waals surface area contributed by atoms with Crippen LogP contribution in [0.3, 0.4) is 0 Å². The van der Waals surface area contributed by atoms with Gasteiger partial charge in [0.1, 0.15) is 0 Å². The van der Waals surface area contributed by atoms with E-state index < -0.39 is 0 Å². The summed E-state index contributed by atoms with van der Waals surface area (Å²) >= 11 is 7.47. The zero-order valence-electron chi connectivity index (χ0n) is 9.79.